The average molecular weight is 269 g/mol. The summed E-state index contributed by atoms with van der Waals surface area (Å²) in [6.07, 6.45) is 0.956. The summed E-state index contributed by atoms with van der Waals surface area (Å²) in [6.45, 7) is 1.42. The lowest BCUT2D eigenvalue weighted by Crippen LogP contribution is -2.02. The number of rotatable bonds is 4. The monoisotopic (exact) mass is 269 g/mol. The van der Waals surface area contributed by atoms with E-state index < -0.39 is 5.97 Å². The SMILES string of the molecule is O=C(O)c1cccc(NCc2ccc3c(c2)CCO3)c1. The summed E-state index contributed by atoms with van der Waals surface area (Å²) < 4.78 is 5.47. The third kappa shape index (κ3) is 2.59. The standard InChI is InChI=1S/C16H15NO3/c18-16(19)13-2-1-3-14(9-13)17-10-11-4-5-15-12(8-11)6-7-20-15/h1-5,8-9,17H,6-7,10H2,(H,18,19). The molecule has 0 aromatic heterocycles. The third-order valence-electron chi connectivity index (χ3n) is 3.36. The van der Waals surface area contributed by atoms with Crippen molar-refractivity contribution in [3.8, 4) is 5.75 Å². The molecule has 0 aliphatic carbocycles. The second-order valence-corrected chi connectivity index (χ2v) is 4.78. The van der Waals surface area contributed by atoms with Crippen molar-refractivity contribution in [2.75, 3.05) is 11.9 Å². The summed E-state index contributed by atoms with van der Waals surface area (Å²) in [5, 5.41) is 12.2. The summed E-state index contributed by atoms with van der Waals surface area (Å²) in [6, 6.07) is 13.0. The summed E-state index contributed by atoms with van der Waals surface area (Å²) in [5.74, 6) is 0.0601. The van der Waals surface area contributed by atoms with Crippen molar-refractivity contribution in [1.82, 2.24) is 0 Å². The first-order valence-electron chi connectivity index (χ1n) is 6.54. The van der Waals surface area contributed by atoms with E-state index in [1.54, 1.807) is 18.2 Å². The zero-order chi connectivity index (χ0) is 13.9. The lowest BCUT2D eigenvalue weighted by Gasteiger charge is -2.08. The van der Waals surface area contributed by atoms with E-state index in [9.17, 15) is 4.79 Å². The van der Waals surface area contributed by atoms with Gasteiger partial charge in [-0.25, -0.2) is 4.79 Å². The minimum atomic E-state index is -0.914. The number of carboxylic acid groups (broad SMARTS) is 1. The second-order valence-electron chi connectivity index (χ2n) is 4.78. The van der Waals surface area contributed by atoms with E-state index in [0.29, 0.717) is 6.54 Å². The highest BCUT2D eigenvalue weighted by Crippen LogP contribution is 2.26. The highest BCUT2D eigenvalue weighted by atomic mass is 16.5. The van der Waals surface area contributed by atoms with Crippen molar-refractivity contribution in [3.05, 3.63) is 59.2 Å². The first-order valence-corrected chi connectivity index (χ1v) is 6.54. The van der Waals surface area contributed by atoms with Gasteiger partial charge < -0.3 is 15.2 Å². The molecule has 2 aromatic rings. The predicted molar refractivity (Wildman–Crippen MR) is 76.4 cm³/mol. The maximum absolute atomic E-state index is 10.9. The van der Waals surface area contributed by atoms with Gasteiger partial charge in [0.25, 0.3) is 0 Å². The first kappa shape index (κ1) is 12.5. The fraction of sp³-hybridized carbons (Fsp3) is 0.188. The number of carbonyl (C=O) groups is 1. The Balaban J connectivity index is 1.70. The zero-order valence-electron chi connectivity index (χ0n) is 10.9. The lowest BCUT2D eigenvalue weighted by molar-refractivity contribution is 0.0697. The van der Waals surface area contributed by atoms with Crippen molar-refractivity contribution >= 4 is 11.7 Å². The van der Waals surface area contributed by atoms with Gasteiger partial charge in [-0.05, 0) is 35.4 Å². The zero-order valence-corrected chi connectivity index (χ0v) is 10.9. The number of carboxylic acids is 1. The number of fused-ring (bicyclic) bond motifs is 1. The molecule has 20 heavy (non-hydrogen) atoms. The number of nitrogens with one attached hydrogen (secondary N) is 1. The third-order valence-corrected chi connectivity index (χ3v) is 3.36. The first-order chi connectivity index (χ1) is 9.72. The number of hydrogen-bond donors (Lipinski definition) is 2. The molecule has 2 aromatic carbocycles. The Bertz CT molecular complexity index is 652. The van der Waals surface area contributed by atoms with Crippen LogP contribution in [0.25, 0.3) is 0 Å². The molecule has 0 atom stereocenters. The van der Waals surface area contributed by atoms with E-state index in [1.165, 1.54) is 5.56 Å². The molecular weight excluding hydrogens is 254 g/mol. The Morgan fingerprint density at radius 1 is 1.25 bits per heavy atom. The van der Waals surface area contributed by atoms with Crippen molar-refractivity contribution in [2.24, 2.45) is 0 Å². The van der Waals surface area contributed by atoms with Crippen LogP contribution in [0.2, 0.25) is 0 Å². The van der Waals surface area contributed by atoms with E-state index >= 15 is 0 Å². The Kier molecular flexibility index (Phi) is 3.29. The molecule has 3 rings (SSSR count). The largest absolute Gasteiger partial charge is 0.493 e. The van der Waals surface area contributed by atoms with Crippen LogP contribution in [0.4, 0.5) is 5.69 Å². The van der Waals surface area contributed by atoms with Gasteiger partial charge in [-0.2, -0.15) is 0 Å². The molecule has 0 saturated carbocycles. The minimum Gasteiger partial charge on any atom is -0.493 e. The Hall–Kier alpha value is -2.49. The Morgan fingerprint density at radius 3 is 3.00 bits per heavy atom. The van der Waals surface area contributed by atoms with Gasteiger partial charge in [-0.3, -0.25) is 0 Å². The molecule has 0 radical (unpaired) electrons. The molecular formula is C16H15NO3. The van der Waals surface area contributed by atoms with Crippen molar-refractivity contribution < 1.29 is 14.6 Å². The van der Waals surface area contributed by atoms with Gasteiger partial charge in [0, 0.05) is 18.7 Å². The topological polar surface area (TPSA) is 58.6 Å². The van der Waals surface area contributed by atoms with Gasteiger partial charge in [0.05, 0.1) is 12.2 Å². The number of ether oxygens (including phenoxy) is 1. The van der Waals surface area contributed by atoms with E-state index in [4.69, 9.17) is 9.84 Å². The minimum absolute atomic E-state index is 0.289. The predicted octanol–water partition coefficient (Wildman–Crippen LogP) is 2.93. The fourth-order valence-corrected chi connectivity index (χ4v) is 2.32. The Morgan fingerprint density at radius 2 is 2.15 bits per heavy atom. The van der Waals surface area contributed by atoms with Gasteiger partial charge in [-0.15, -0.1) is 0 Å². The highest BCUT2D eigenvalue weighted by molar-refractivity contribution is 5.88. The molecule has 4 nitrogen and oxygen atoms in total. The molecule has 0 bridgehead atoms. The molecule has 0 amide bonds. The lowest BCUT2D eigenvalue weighted by atomic mass is 10.1. The van der Waals surface area contributed by atoms with Gasteiger partial charge in [0.15, 0.2) is 0 Å². The van der Waals surface area contributed by atoms with Crippen LogP contribution in [0, 0.1) is 0 Å². The number of hydrogen-bond acceptors (Lipinski definition) is 3. The molecule has 0 fully saturated rings. The summed E-state index contributed by atoms with van der Waals surface area (Å²) in [7, 11) is 0. The average Bonchev–Trinajstić information content (AvgIpc) is 2.93. The van der Waals surface area contributed by atoms with Crippen LogP contribution in [0.15, 0.2) is 42.5 Å². The van der Waals surface area contributed by atoms with Gasteiger partial charge >= 0.3 is 5.97 Å². The molecule has 1 heterocycles. The van der Waals surface area contributed by atoms with Crippen LogP contribution in [0.1, 0.15) is 21.5 Å². The summed E-state index contributed by atoms with van der Waals surface area (Å²) in [5.41, 5.74) is 3.50. The van der Waals surface area contributed by atoms with E-state index in [2.05, 4.69) is 11.4 Å². The summed E-state index contributed by atoms with van der Waals surface area (Å²) in [4.78, 5) is 10.9. The maximum Gasteiger partial charge on any atom is 0.335 e. The highest BCUT2D eigenvalue weighted by Gasteiger charge is 2.11. The van der Waals surface area contributed by atoms with Gasteiger partial charge in [0.1, 0.15) is 5.75 Å². The van der Waals surface area contributed by atoms with Gasteiger partial charge in [0.2, 0.25) is 0 Å². The number of aromatic carboxylic acids is 1. The molecule has 4 heteroatoms. The molecule has 2 N–H and O–H groups in total. The van der Waals surface area contributed by atoms with E-state index in [0.717, 1.165) is 30.0 Å². The molecule has 1 aliphatic heterocycles. The van der Waals surface area contributed by atoms with Crippen molar-refractivity contribution in [1.29, 1.82) is 0 Å². The quantitative estimate of drug-likeness (QED) is 0.896. The molecule has 0 saturated heterocycles. The second kappa shape index (κ2) is 5.25. The normalized spacial score (nSPS) is 12.6. The van der Waals surface area contributed by atoms with Crippen LogP contribution in [-0.4, -0.2) is 17.7 Å². The van der Waals surface area contributed by atoms with Crippen molar-refractivity contribution in [3.63, 3.8) is 0 Å². The molecule has 0 spiro atoms. The molecule has 0 unspecified atom stereocenters. The number of benzene rings is 2. The summed E-state index contributed by atoms with van der Waals surface area (Å²) >= 11 is 0. The van der Waals surface area contributed by atoms with Crippen LogP contribution in [-0.2, 0) is 13.0 Å². The Labute approximate surface area is 117 Å². The van der Waals surface area contributed by atoms with Crippen LogP contribution >= 0.6 is 0 Å². The smallest absolute Gasteiger partial charge is 0.335 e. The fourth-order valence-electron chi connectivity index (χ4n) is 2.32. The van der Waals surface area contributed by atoms with Crippen LogP contribution in [0.5, 0.6) is 5.75 Å². The van der Waals surface area contributed by atoms with Crippen LogP contribution in [0.3, 0.4) is 0 Å². The molecule has 1 aliphatic rings. The van der Waals surface area contributed by atoms with E-state index in [-0.39, 0.29) is 5.56 Å². The van der Waals surface area contributed by atoms with Gasteiger partial charge in [-0.1, -0.05) is 18.2 Å². The maximum atomic E-state index is 10.9. The molecule has 102 valence electrons. The van der Waals surface area contributed by atoms with Crippen LogP contribution < -0.4 is 10.1 Å². The van der Waals surface area contributed by atoms with Crippen molar-refractivity contribution in [2.45, 2.75) is 13.0 Å². The number of anilines is 1. The van der Waals surface area contributed by atoms with E-state index in [1.807, 2.05) is 18.2 Å².